The second kappa shape index (κ2) is 4.76. The lowest BCUT2D eigenvalue weighted by Crippen LogP contribution is -2.48. The van der Waals surface area contributed by atoms with Crippen molar-refractivity contribution >= 4 is 38.4 Å². The van der Waals surface area contributed by atoms with Crippen molar-refractivity contribution in [2.45, 2.75) is 13.0 Å². The highest BCUT2D eigenvalue weighted by molar-refractivity contribution is 7.16. The summed E-state index contributed by atoms with van der Waals surface area (Å²) in [6, 6.07) is 10.9. The number of benzene rings is 1. The van der Waals surface area contributed by atoms with E-state index in [4.69, 9.17) is 0 Å². The molecule has 0 amide bonds. The van der Waals surface area contributed by atoms with Crippen molar-refractivity contribution in [1.82, 2.24) is 19.5 Å². The Morgan fingerprint density at radius 3 is 2.91 bits per heavy atom. The monoisotopic (exact) mass is 321 g/mol. The van der Waals surface area contributed by atoms with E-state index < -0.39 is 0 Å². The van der Waals surface area contributed by atoms with Crippen LogP contribution in [0.2, 0.25) is 0 Å². The zero-order valence-electron chi connectivity index (χ0n) is 12.7. The number of hydrogen-bond acceptors (Lipinski definition) is 5. The number of thiophene rings is 1. The summed E-state index contributed by atoms with van der Waals surface area (Å²) in [4.78, 5) is 16.9. The zero-order valence-corrected chi connectivity index (χ0v) is 13.5. The van der Waals surface area contributed by atoms with Gasteiger partial charge in [-0.2, -0.15) is 0 Å². The molecule has 1 aliphatic rings. The normalized spacial score (nSPS) is 15.4. The third-order valence-electron chi connectivity index (χ3n) is 4.54. The van der Waals surface area contributed by atoms with Crippen LogP contribution in [-0.2, 0) is 0 Å². The van der Waals surface area contributed by atoms with Gasteiger partial charge in [0.15, 0.2) is 0 Å². The fourth-order valence-corrected chi connectivity index (χ4v) is 4.17. The number of rotatable bonds is 2. The Morgan fingerprint density at radius 1 is 1.13 bits per heavy atom. The molecule has 0 spiro atoms. The number of imidazole rings is 1. The maximum Gasteiger partial charge on any atom is 0.140 e. The van der Waals surface area contributed by atoms with Crippen LogP contribution in [0.15, 0.2) is 42.0 Å². The summed E-state index contributed by atoms with van der Waals surface area (Å²) in [5.41, 5.74) is 2.30. The Labute approximate surface area is 137 Å². The van der Waals surface area contributed by atoms with E-state index in [2.05, 4.69) is 61.0 Å². The highest BCUT2D eigenvalue weighted by Gasteiger charge is 2.32. The second-order valence-electron chi connectivity index (χ2n) is 5.91. The molecule has 0 atom stereocenters. The van der Waals surface area contributed by atoms with Crippen molar-refractivity contribution in [3.05, 3.63) is 47.9 Å². The summed E-state index contributed by atoms with van der Waals surface area (Å²) >= 11 is 1.66. The van der Waals surface area contributed by atoms with Crippen LogP contribution < -0.4 is 4.90 Å². The Kier molecular flexibility index (Phi) is 2.69. The first-order valence-corrected chi connectivity index (χ1v) is 8.56. The molecule has 0 unspecified atom stereocenters. The smallest absolute Gasteiger partial charge is 0.140 e. The molecule has 0 radical (unpaired) electrons. The van der Waals surface area contributed by atoms with Crippen LogP contribution in [-0.4, -0.2) is 32.6 Å². The minimum atomic E-state index is 0.450. The molecule has 23 heavy (non-hydrogen) atoms. The number of anilines is 1. The minimum Gasteiger partial charge on any atom is -0.352 e. The first-order chi connectivity index (χ1) is 11.3. The van der Waals surface area contributed by atoms with Gasteiger partial charge in [0.05, 0.1) is 22.5 Å². The molecule has 3 aromatic heterocycles. The van der Waals surface area contributed by atoms with Gasteiger partial charge in [-0.3, -0.25) is 0 Å². The maximum absolute atomic E-state index is 4.68. The van der Waals surface area contributed by atoms with Gasteiger partial charge in [0.1, 0.15) is 22.8 Å². The van der Waals surface area contributed by atoms with Crippen LogP contribution in [0.1, 0.15) is 11.9 Å². The quantitative estimate of drug-likeness (QED) is 0.567. The van der Waals surface area contributed by atoms with E-state index in [-0.39, 0.29) is 0 Å². The molecule has 1 saturated heterocycles. The molecule has 0 saturated carbocycles. The summed E-state index contributed by atoms with van der Waals surface area (Å²) in [6.45, 7) is 4.01. The first-order valence-electron chi connectivity index (χ1n) is 7.68. The van der Waals surface area contributed by atoms with Crippen molar-refractivity contribution in [2.24, 2.45) is 0 Å². The van der Waals surface area contributed by atoms with Crippen LogP contribution in [0.25, 0.3) is 21.3 Å². The predicted molar refractivity (Wildman–Crippen MR) is 93.1 cm³/mol. The molecule has 1 aromatic carbocycles. The average molecular weight is 321 g/mol. The van der Waals surface area contributed by atoms with Gasteiger partial charge in [0, 0.05) is 13.1 Å². The van der Waals surface area contributed by atoms with Gasteiger partial charge in [-0.25, -0.2) is 15.0 Å². The fourth-order valence-electron chi connectivity index (χ4n) is 3.45. The van der Waals surface area contributed by atoms with E-state index in [1.807, 2.05) is 6.07 Å². The lowest BCUT2D eigenvalue weighted by molar-refractivity contribution is 0.400. The van der Waals surface area contributed by atoms with Crippen molar-refractivity contribution < 1.29 is 0 Å². The summed E-state index contributed by atoms with van der Waals surface area (Å²) in [5, 5.41) is 3.23. The van der Waals surface area contributed by atoms with E-state index in [0.29, 0.717) is 6.04 Å². The number of nitrogens with zero attached hydrogens (tertiary/aromatic N) is 5. The number of para-hydroxylation sites is 2. The third-order valence-corrected chi connectivity index (χ3v) is 5.36. The molecule has 4 aromatic rings. The Morgan fingerprint density at radius 2 is 2.00 bits per heavy atom. The largest absolute Gasteiger partial charge is 0.352 e. The lowest BCUT2D eigenvalue weighted by atomic mass is 10.1. The van der Waals surface area contributed by atoms with Crippen molar-refractivity contribution in [2.75, 3.05) is 18.0 Å². The van der Waals surface area contributed by atoms with Gasteiger partial charge < -0.3 is 9.47 Å². The number of aryl methyl sites for hydroxylation is 1. The van der Waals surface area contributed by atoms with E-state index in [0.717, 1.165) is 40.5 Å². The molecule has 0 aliphatic carbocycles. The molecule has 6 heteroatoms. The van der Waals surface area contributed by atoms with E-state index in [1.54, 1.807) is 17.7 Å². The van der Waals surface area contributed by atoms with E-state index in [9.17, 15) is 0 Å². The molecular formula is C17H15N5S. The SMILES string of the molecule is Cc1nc2ccccc2n1C1CN(c2ncnc3sccc23)C1. The van der Waals surface area contributed by atoms with E-state index in [1.165, 1.54) is 5.52 Å². The summed E-state index contributed by atoms with van der Waals surface area (Å²) < 4.78 is 2.36. The molecule has 114 valence electrons. The molecule has 1 fully saturated rings. The molecule has 0 bridgehead atoms. The Balaban J connectivity index is 1.48. The number of aromatic nitrogens is 4. The Bertz CT molecular complexity index is 1010. The highest BCUT2D eigenvalue weighted by Crippen LogP contribution is 2.34. The Hall–Kier alpha value is -2.47. The zero-order chi connectivity index (χ0) is 15.4. The number of hydrogen-bond donors (Lipinski definition) is 0. The molecule has 1 aliphatic heterocycles. The molecular weight excluding hydrogens is 306 g/mol. The molecule has 5 nitrogen and oxygen atoms in total. The van der Waals surface area contributed by atoms with Gasteiger partial charge in [-0.05, 0) is 30.5 Å². The van der Waals surface area contributed by atoms with Crippen molar-refractivity contribution in [1.29, 1.82) is 0 Å². The molecule has 4 heterocycles. The summed E-state index contributed by atoms with van der Waals surface area (Å²) in [6.07, 6.45) is 1.67. The van der Waals surface area contributed by atoms with Crippen molar-refractivity contribution in [3.63, 3.8) is 0 Å². The van der Waals surface area contributed by atoms with Crippen LogP contribution >= 0.6 is 11.3 Å². The lowest BCUT2D eigenvalue weighted by Gasteiger charge is -2.41. The van der Waals surface area contributed by atoms with Gasteiger partial charge >= 0.3 is 0 Å². The third kappa shape index (κ3) is 1.88. The summed E-state index contributed by atoms with van der Waals surface area (Å²) in [7, 11) is 0. The molecule has 0 N–H and O–H groups in total. The van der Waals surface area contributed by atoms with Crippen LogP contribution in [0, 0.1) is 6.92 Å². The van der Waals surface area contributed by atoms with Gasteiger partial charge in [-0.15, -0.1) is 11.3 Å². The van der Waals surface area contributed by atoms with E-state index >= 15 is 0 Å². The second-order valence-corrected chi connectivity index (χ2v) is 6.81. The van der Waals surface area contributed by atoms with Crippen LogP contribution in [0.4, 0.5) is 5.82 Å². The standard InChI is InChI=1S/C17H15N5S/c1-11-20-14-4-2-3-5-15(14)22(11)12-8-21(9-12)16-13-6-7-23-17(13)19-10-18-16/h2-7,10,12H,8-9H2,1H3. The highest BCUT2D eigenvalue weighted by atomic mass is 32.1. The van der Waals surface area contributed by atoms with Gasteiger partial charge in [0.2, 0.25) is 0 Å². The maximum atomic E-state index is 4.68. The summed E-state index contributed by atoms with van der Waals surface area (Å²) in [5.74, 6) is 2.13. The van der Waals surface area contributed by atoms with Crippen LogP contribution in [0.5, 0.6) is 0 Å². The van der Waals surface area contributed by atoms with Gasteiger partial charge in [-0.1, -0.05) is 12.1 Å². The number of fused-ring (bicyclic) bond motifs is 2. The van der Waals surface area contributed by atoms with Gasteiger partial charge in [0.25, 0.3) is 0 Å². The van der Waals surface area contributed by atoms with Crippen LogP contribution in [0.3, 0.4) is 0 Å². The predicted octanol–water partition coefficient (Wildman–Crippen LogP) is 3.41. The fraction of sp³-hybridized carbons (Fsp3) is 0.235. The van der Waals surface area contributed by atoms with Crippen molar-refractivity contribution in [3.8, 4) is 0 Å². The molecule has 5 rings (SSSR count). The minimum absolute atomic E-state index is 0.450. The topological polar surface area (TPSA) is 46.8 Å². The first kappa shape index (κ1) is 13.0. The average Bonchev–Trinajstić information content (AvgIpc) is 3.11.